The molecule has 0 saturated heterocycles. The maximum absolute atomic E-state index is 13.0. The first-order chi connectivity index (χ1) is 9.93. The first-order valence-electron chi connectivity index (χ1n) is 5.67. The van der Waals surface area contributed by atoms with Crippen LogP contribution in [0.3, 0.4) is 0 Å². The summed E-state index contributed by atoms with van der Waals surface area (Å²) in [4.78, 5) is 12.4. The molecule has 108 valence electrons. The van der Waals surface area contributed by atoms with Gasteiger partial charge in [-0.3, -0.25) is 4.79 Å². The molecule has 0 aliphatic carbocycles. The summed E-state index contributed by atoms with van der Waals surface area (Å²) in [6.07, 6.45) is 0. The van der Waals surface area contributed by atoms with Crippen LogP contribution in [0.4, 0.5) is 8.78 Å². The highest BCUT2D eigenvalue weighted by molar-refractivity contribution is 6.55. The zero-order valence-electron chi connectivity index (χ0n) is 10.4. The molecule has 0 bridgehead atoms. The number of hydrogen-bond acceptors (Lipinski definition) is 3. The highest BCUT2D eigenvalue weighted by Crippen LogP contribution is 2.23. The van der Waals surface area contributed by atoms with Gasteiger partial charge in [0.15, 0.2) is 0 Å². The summed E-state index contributed by atoms with van der Waals surface area (Å²) in [6, 6.07) is 6.71. The van der Waals surface area contributed by atoms with Gasteiger partial charge in [0.2, 0.25) is 5.78 Å². The number of Topliss-reactive ketones (excluding diaryl/α,β-unsaturated/α-hetero) is 1. The van der Waals surface area contributed by atoms with Gasteiger partial charge in [-0.25, -0.2) is 8.78 Å². The van der Waals surface area contributed by atoms with Gasteiger partial charge < -0.3 is 5.84 Å². The number of rotatable bonds is 3. The fourth-order valence-corrected chi connectivity index (χ4v) is 2.24. The van der Waals surface area contributed by atoms with E-state index in [9.17, 15) is 13.6 Å². The Bertz CT molecular complexity index is 748. The molecule has 0 aromatic heterocycles. The maximum atomic E-state index is 13.0. The fraction of sp³-hybridized carbons (Fsp3) is 0. The van der Waals surface area contributed by atoms with Crippen LogP contribution < -0.4 is 5.84 Å². The number of carbonyl (C=O) groups is 1. The Morgan fingerprint density at radius 3 is 1.86 bits per heavy atom. The Labute approximate surface area is 129 Å². The first kappa shape index (κ1) is 15.4. The normalized spacial score (nSPS) is 11.5. The molecule has 0 atom stereocenters. The summed E-state index contributed by atoms with van der Waals surface area (Å²) < 4.78 is 26.1. The predicted octanol–water partition coefficient (Wildman–Crippen LogP) is 3.82. The number of nitrogens with zero attached hydrogens (tertiary/aromatic N) is 1. The number of hydrogen-bond donors (Lipinski definition) is 1. The lowest BCUT2D eigenvalue weighted by atomic mass is 10.0. The van der Waals surface area contributed by atoms with E-state index in [4.69, 9.17) is 29.0 Å². The van der Waals surface area contributed by atoms with Gasteiger partial charge in [-0.1, -0.05) is 23.2 Å². The van der Waals surface area contributed by atoms with E-state index in [-0.39, 0.29) is 26.9 Å². The largest absolute Gasteiger partial charge is 0.323 e. The van der Waals surface area contributed by atoms with Crippen molar-refractivity contribution in [3.05, 3.63) is 69.2 Å². The maximum Gasteiger partial charge on any atom is 0.215 e. The second-order valence-corrected chi connectivity index (χ2v) is 4.87. The van der Waals surface area contributed by atoms with Gasteiger partial charge in [-0.2, -0.15) is 5.10 Å². The average Bonchev–Trinajstić information content (AvgIpc) is 2.41. The van der Waals surface area contributed by atoms with Crippen molar-refractivity contribution in [3.63, 3.8) is 0 Å². The van der Waals surface area contributed by atoms with Crippen molar-refractivity contribution in [3.8, 4) is 0 Å². The third kappa shape index (κ3) is 3.20. The Balaban J connectivity index is 2.49. The van der Waals surface area contributed by atoms with E-state index in [0.29, 0.717) is 0 Å². The lowest BCUT2D eigenvalue weighted by Gasteiger charge is -2.08. The summed E-state index contributed by atoms with van der Waals surface area (Å²) in [5, 5.41) is 3.29. The van der Waals surface area contributed by atoms with E-state index in [2.05, 4.69) is 5.10 Å². The number of ketones is 1. The lowest BCUT2D eigenvalue weighted by molar-refractivity contribution is 0.106. The highest BCUT2D eigenvalue weighted by Gasteiger charge is 2.21. The molecule has 2 aromatic rings. The van der Waals surface area contributed by atoms with E-state index in [1.54, 1.807) is 0 Å². The molecule has 0 fully saturated rings. The minimum atomic E-state index is -0.643. The monoisotopic (exact) mass is 328 g/mol. The van der Waals surface area contributed by atoms with Crippen molar-refractivity contribution in [2.45, 2.75) is 0 Å². The third-order valence-corrected chi connectivity index (χ3v) is 3.33. The molecule has 2 aromatic carbocycles. The van der Waals surface area contributed by atoms with Crippen molar-refractivity contribution < 1.29 is 13.6 Å². The van der Waals surface area contributed by atoms with Crippen LogP contribution in [0.1, 0.15) is 15.9 Å². The minimum Gasteiger partial charge on any atom is -0.323 e. The number of nitrogens with two attached hydrogens (primary N) is 1. The summed E-state index contributed by atoms with van der Waals surface area (Å²) >= 11 is 11.7. The van der Waals surface area contributed by atoms with E-state index in [1.165, 1.54) is 12.1 Å². The molecule has 0 amide bonds. The van der Waals surface area contributed by atoms with Gasteiger partial charge in [0.25, 0.3) is 0 Å². The van der Waals surface area contributed by atoms with Gasteiger partial charge in [0, 0.05) is 11.1 Å². The number of halogens is 4. The van der Waals surface area contributed by atoms with Gasteiger partial charge >= 0.3 is 0 Å². The zero-order chi connectivity index (χ0) is 15.6. The topological polar surface area (TPSA) is 55.4 Å². The lowest BCUT2D eigenvalue weighted by Crippen LogP contribution is -2.19. The van der Waals surface area contributed by atoms with Crippen LogP contribution in [-0.4, -0.2) is 11.5 Å². The van der Waals surface area contributed by atoms with E-state index in [0.717, 1.165) is 24.3 Å². The molecular formula is C14H8Cl2F2N2O. The van der Waals surface area contributed by atoms with Crippen LogP contribution in [-0.2, 0) is 0 Å². The fourth-order valence-electron chi connectivity index (χ4n) is 1.73. The second-order valence-electron chi connectivity index (χ2n) is 4.06. The van der Waals surface area contributed by atoms with E-state index >= 15 is 0 Å². The van der Waals surface area contributed by atoms with Crippen LogP contribution in [0.25, 0.3) is 0 Å². The molecular weight excluding hydrogens is 321 g/mol. The van der Waals surface area contributed by atoms with Crippen molar-refractivity contribution in [2.75, 3.05) is 0 Å². The summed E-state index contributed by atoms with van der Waals surface area (Å²) in [5.41, 5.74) is -0.0258. The van der Waals surface area contributed by atoms with Gasteiger partial charge in [-0.15, -0.1) is 0 Å². The highest BCUT2D eigenvalue weighted by atomic mass is 35.5. The standard InChI is InChI=1S/C14H8Cl2F2N2O/c15-11-5-7(17)1-3-9(11)13(20-19)14(21)10-4-2-8(18)6-12(10)16/h1-6H,19H2. The van der Waals surface area contributed by atoms with Crippen molar-refractivity contribution in [1.82, 2.24) is 0 Å². The quantitative estimate of drug-likeness (QED) is 0.403. The SMILES string of the molecule is NN=C(C(=O)c1ccc(F)cc1Cl)c1ccc(F)cc1Cl. The molecule has 0 unspecified atom stereocenters. The smallest absolute Gasteiger partial charge is 0.215 e. The average molecular weight is 329 g/mol. The van der Waals surface area contributed by atoms with Gasteiger partial charge in [-0.05, 0) is 36.4 Å². The van der Waals surface area contributed by atoms with Crippen LogP contribution in [0.2, 0.25) is 10.0 Å². The van der Waals surface area contributed by atoms with Crippen LogP contribution >= 0.6 is 23.2 Å². The first-order valence-corrected chi connectivity index (χ1v) is 6.42. The molecule has 0 spiro atoms. The van der Waals surface area contributed by atoms with Crippen molar-refractivity contribution in [2.24, 2.45) is 10.9 Å². The molecule has 0 heterocycles. The Hall–Kier alpha value is -1.98. The Kier molecular flexibility index (Phi) is 4.55. The van der Waals surface area contributed by atoms with Crippen LogP contribution in [0.5, 0.6) is 0 Å². The molecule has 0 saturated carbocycles. The Morgan fingerprint density at radius 2 is 1.43 bits per heavy atom. The van der Waals surface area contributed by atoms with Crippen molar-refractivity contribution in [1.29, 1.82) is 0 Å². The van der Waals surface area contributed by atoms with E-state index < -0.39 is 17.4 Å². The van der Waals surface area contributed by atoms with E-state index in [1.807, 2.05) is 0 Å². The molecule has 0 aliphatic rings. The van der Waals surface area contributed by atoms with Gasteiger partial charge in [0.1, 0.15) is 17.3 Å². The Morgan fingerprint density at radius 1 is 0.952 bits per heavy atom. The predicted molar refractivity (Wildman–Crippen MR) is 77.9 cm³/mol. The van der Waals surface area contributed by atoms with Gasteiger partial charge in [0.05, 0.1) is 10.0 Å². The summed E-state index contributed by atoms with van der Waals surface area (Å²) in [5.74, 6) is 3.44. The van der Waals surface area contributed by atoms with Crippen LogP contribution in [0.15, 0.2) is 41.5 Å². The number of carbonyl (C=O) groups excluding carboxylic acids is 1. The molecule has 7 heteroatoms. The molecule has 0 radical (unpaired) electrons. The summed E-state index contributed by atoms with van der Waals surface area (Å²) in [6.45, 7) is 0. The second kappa shape index (κ2) is 6.20. The third-order valence-electron chi connectivity index (χ3n) is 2.71. The number of hydrazone groups is 1. The number of benzene rings is 2. The molecule has 21 heavy (non-hydrogen) atoms. The minimum absolute atomic E-state index is 0.0164. The molecule has 2 rings (SSSR count). The molecule has 0 aliphatic heterocycles. The zero-order valence-corrected chi connectivity index (χ0v) is 11.9. The molecule has 3 nitrogen and oxygen atoms in total. The van der Waals surface area contributed by atoms with Crippen molar-refractivity contribution >= 4 is 34.7 Å². The summed E-state index contributed by atoms with van der Waals surface area (Å²) in [7, 11) is 0. The van der Waals surface area contributed by atoms with Crippen LogP contribution in [0, 0.1) is 11.6 Å². The molecule has 2 N–H and O–H groups in total.